The molecule has 3 nitrogen and oxygen atoms in total. The standard InChI is InChI=1S/C10H10N2OS/c1-2-4-9-8(3-1)12-10(14-9)13-7-5-11-6-7/h1-4,7,11H,5-6H2. The summed E-state index contributed by atoms with van der Waals surface area (Å²) in [6.45, 7) is 1.88. The van der Waals surface area contributed by atoms with E-state index in [1.165, 1.54) is 4.70 Å². The van der Waals surface area contributed by atoms with Gasteiger partial charge in [-0.1, -0.05) is 23.5 Å². The Hall–Kier alpha value is -1.13. The van der Waals surface area contributed by atoms with Crippen molar-refractivity contribution in [2.45, 2.75) is 6.10 Å². The van der Waals surface area contributed by atoms with E-state index < -0.39 is 0 Å². The molecule has 1 fully saturated rings. The summed E-state index contributed by atoms with van der Waals surface area (Å²) in [5, 5.41) is 3.96. The topological polar surface area (TPSA) is 34.1 Å². The van der Waals surface area contributed by atoms with Crippen molar-refractivity contribution >= 4 is 21.6 Å². The molecule has 1 saturated heterocycles. The van der Waals surface area contributed by atoms with Crippen LogP contribution in [0.1, 0.15) is 0 Å². The zero-order valence-electron chi connectivity index (χ0n) is 7.56. The summed E-state index contributed by atoms with van der Waals surface area (Å²) in [7, 11) is 0. The molecule has 1 N–H and O–H groups in total. The Bertz CT molecular complexity index is 417. The third-order valence-corrected chi connectivity index (χ3v) is 3.21. The van der Waals surface area contributed by atoms with Gasteiger partial charge in [0.15, 0.2) is 0 Å². The van der Waals surface area contributed by atoms with Crippen molar-refractivity contribution in [3.05, 3.63) is 24.3 Å². The summed E-state index contributed by atoms with van der Waals surface area (Å²) in [5.74, 6) is 0. The lowest BCUT2D eigenvalue weighted by Gasteiger charge is -2.26. The maximum absolute atomic E-state index is 5.68. The number of fused-ring (bicyclic) bond motifs is 1. The Balaban J connectivity index is 1.89. The summed E-state index contributed by atoms with van der Waals surface area (Å²) in [6, 6.07) is 8.10. The lowest BCUT2D eigenvalue weighted by Crippen LogP contribution is -2.50. The van der Waals surface area contributed by atoms with Crippen LogP contribution in [-0.2, 0) is 0 Å². The molecule has 1 aliphatic heterocycles. The van der Waals surface area contributed by atoms with Crippen molar-refractivity contribution < 1.29 is 4.74 Å². The lowest BCUT2D eigenvalue weighted by atomic mass is 10.2. The molecule has 0 unspecified atom stereocenters. The molecule has 2 aromatic rings. The van der Waals surface area contributed by atoms with Crippen LogP contribution < -0.4 is 10.1 Å². The number of para-hydroxylation sites is 1. The quantitative estimate of drug-likeness (QED) is 0.811. The molecular weight excluding hydrogens is 196 g/mol. The molecular formula is C10H10N2OS. The first-order valence-corrected chi connectivity index (χ1v) is 5.46. The molecule has 0 saturated carbocycles. The van der Waals surface area contributed by atoms with Gasteiger partial charge in [-0.2, -0.15) is 0 Å². The Morgan fingerprint density at radius 3 is 2.93 bits per heavy atom. The van der Waals surface area contributed by atoms with E-state index in [1.807, 2.05) is 18.2 Å². The molecule has 0 atom stereocenters. The Kier molecular flexibility index (Phi) is 1.89. The summed E-state index contributed by atoms with van der Waals surface area (Å²) >= 11 is 1.61. The molecule has 0 bridgehead atoms. The summed E-state index contributed by atoms with van der Waals surface area (Å²) in [4.78, 5) is 4.40. The fourth-order valence-electron chi connectivity index (χ4n) is 1.39. The fraction of sp³-hybridized carbons (Fsp3) is 0.300. The highest BCUT2D eigenvalue weighted by Crippen LogP contribution is 2.28. The zero-order valence-corrected chi connectivity index (χ0v) is 8.38. The van der Waals surface area contributed by atoms with Gasteiger partial charge in [0, 0.05) is 13.1 Å². The van der Waals surface area contributed by atoms with Gasteiger partial charge in [0.05, 0.1) is 10.2 Å². The smallest absolute Gasteiger partial charge is 0.274 e. The van der Waals surface area contributed by atoms with Crippen LogP contribution in [0.4, 0.5) is 0 Å². The number of hydrogen-bond donors (Lipinski definition) is 1. The molecule has 0 aliphatic carbocycles. The van der Waals surface area contributed by atoms with E-state index in [1.54, 1.807) is 11.3 Å². The zero-order chi connectivity index (χ0) is 9.38. The number of aromatic nitrogens is 1. The second kappa shape index (κ2) is 3.22. The number of nitrogens with one attached hydrogen (secondary N) is 1. The van der Waals surface area contributed by atoms with Crippen LogP contribution in [0.25, 0.3) is 10.2 Å². The van der Waals surface area contributed by atoms with E-state index in [4.69, 9.17) is 4.74 Å². The first kappa shape index (κ1) is 8.20. The number of hydrogen-bond acceptors (Lipinski definition) is 4. The fourth-order valence-corrected chi connectivity index (χ4v) is 2.27. The van der Waals surface area contributed by atoms with E-state index in [-0.39, 0.29) is 0 Å². The number of benzene rings is 1. The lowest BCUT2D eigenvalue weighted by molar-refractivity contribution is 0.142. The molecule has 0 radical (unpaired) electrons. The van der Waals surface area contributed by atoms with Gasteiger partial charge in [-0.3, -0.25) is 0 Å². The largest absolute Gasteiger partial charge is 0.464 e. The Labute approximate surface area is 85.7 Å². The van der Waals surface area contributed by atoms with Crippen LogP contribution >= 0.6 is 11.3 Å². The average Bonchev–Trinajstić information content (AvgIpc) is 2.53. The minimum atomic E-state index is 0.315. The molecule has 14 heavy (non-hydrogen) atoms. The highest BCUT2D eigenvalue weighted by Gasteiger charge is 2.19. The van der Waals surface area contributed by atoms with Gasteiger partial charge in [0.1, 0.15) is 6.10 Å². The third-order valence-electron chi connectivity index (χ3n) is 2.29. The van der Waals surface area contributed by atoms with E-state index in [0.717, 1.165) is 23.8 Å². The van der Waals surface area contributed by atoms with Gasteiger partial charge in [-0.15, -0.1) is 0 Å². The molecule has 1 aromatic carbocycles. The molecule has 0 amide bonds. The van der Waals surface area contributed by atoms with Crippen LogP contribution in [-0.4, -0.2) is 24.2 Å². The summed E-state index contributed by atoms with van der Waals surface area (Å²) < 4.78 is 6.87. The molecule has 4 heteroatoms. The minimum Gasteiger partial charge on any atom is -0.464 e. The predicted molar refractivity (Wildman–Crippen MR) is 56.9 cm³/mol. The van der Waals surface area contributed by atoms with Crippen LogP contribution in [0.2, 0.25) is 0 Å². The highest BCUT2D eigenvalue weighted by molar-refractivity contribution is 7.20. The molecule has 2 heterocycles. The van der Waals surface area contributed by atoms with Crippen LogP contribution in [0.3, 0.4) is 0 Å². The van der Waals surface area contributed by atoms with Crippen molar-refractivity contribution in [1.82, 2.24) is 10.3 Å². The second-order valence-electron chi connectivity index (χ2n) is 3.35. The Morgan fingerprint density at radius 1 is 1.36 bits per heavy atom. The first-order valence-electron chi connectivity index (χ1n) is 4.65. The van der Waals surface area contributed by atoms with Gasteiger partial charge in [0.25, 0.3) is 5.19 Å². The van der Waals surface area contributed by atoms with Gasteiger partial charge in [0.2, 0.25) is 0 Å². The first-order chi connectivity index (χ1) is 6.92. The SMILES string of the molecule is c1ccc2sc(OC3CNC3)nc2c1. The number of nitrogens with zero attached hydrogens (tertiary/aromatic N) is 1. The summed E-state index contributed by atoms with van der Waals surface area (Å²) in [6.07, 6.45) is 0.315. The van der Waals surface area contributed by atoms with E-state index in [9.17, 15) is 0 Å². The maximum Gasteiger partial charge on any atom is 0.274 e. The van der Waals surface area contributed by atoms with Gasteiger partial charge in [-0.05, 0) is 12.1 Å². The molecule has 72 valence electrons. The predicted octanol–water partition coefficient (Wildman–Crippen LogP) is 1.65. The third kappa shape index (κ3) is 1.36. The number of ether oxygens (including phenoxy) is 1. The summed E-state index contributed by atoms with van der Waals surface area (Å²) in [5.41, 5.74) is 1.03. The number of rotatable bonds is 2. The second-order valence-corrected chi connectivity index (χ2v) is 4.34. The molecule has 3 rings (SSSR count). The maximum atomic E-state index is 5.68. The normalized spacial score (nSPS) is 16.9. The molecule has 0 spiro atoms. The van der Waals surface area contributed by atoms with E-state index in [0.29, 0.717) is 6.10 Å². The van der Waals surface area contributed by atoms with Crippen LogP contribution in [0.5, 0.6) is 5.19 Å². The molecule has 1 aliphatic rings. The highest BCUT2D eigenvalue weighted by atomic mass is 32.1. The minimum absolute atomic E-state index is 0.315. The van der Waals surface area contributed by atoms with Crippen molar-refractivity contribution in [2.75, 3.05) is 13.1 Å². The Morgan fingerprint density at radius 2 is 2.21 bits per heavy atom. The van der Waals surface area contributed by atoms with Crippen LogP contribution in [0, 0.1) is 0 Å². The van der Waals surface area contributed by atoms with Gasteiger partial charge >= 0.3 is 0 Å². The van der Waals surface area contributed by atoms with Crippen molar-refractivity contribution in [3.8, 4) is 5.19 Å². The van der Waals surface area contributed by atoms with Crippen molar-refractivity contribution in [2.24, 2.45) is 0 Å². The van der Waals surface area contributed by atoms with Gasteiger partial charge < -0.3 is 10.1 Å². The van der Waals surface area contributed by atoms with Crippen molar-refractivity contribution in [1.29, 1.82) is 0 Å². The van der Waals surface area contributed by atoms with Crippen molar-refractivity contribution in [3.63, 3.8) is 0 Å². The molecule has 1 aromatic heterocycles. The van der Waals surface area contributed by atoms with Crippen LogP contribution in [0.15, 0.2) is 24.3 Å². The monoisotopic (exact) mass is 206 g/mol. The van der Waals surface area contributed by atoms with Gasteiger partial charge in [-0.25, -0.2) is 4.98 Å². The van der Waals surface area contributed by atoms with E-state index >= 15 is 0 Å². The number of thiazole rings is 1. The average molecular weight is 206 g/mol. The van der Waals surface area contributed by atoms with E-state index in [2.05, 4.69) is 16.4 Å².